The molecule has 0 radical (unpaired) electrons. The molecule has 0 rings (SSSR count). The number of nitriles is 1. The maximum absolute atomic E-state index is 7.74. The van der Waals surface area contributed by atoms with Crippen LogP contribution in [-0.2, 0) is 0 Å². The van der Waals surface area contributed by atoms with E-state index in [1.807, 2.05) is 32.1 Å². The van der Waals surface area contributed by atoms with Crippen LogP contribution in [0.5, 0.6) is 0 Å². The first-order valence-corrected chi connectivity index (χ1v) is 4.68. The second kappa shape index (κ2) is 11.0. The number of halogens is 1. The monoisotopic (exact) mass is 166 g/mol. The Hall–Kier alpha value is 0.170. The molecule has 0 aliphatic rings. The normalized spacial score (nSPS) is 8.89. The van der Waals surface area contributed by atoms with Gasteiger partial charge < -0.3 is 4.90 Å². The molecule has 0 fully saturated rings. The van der Waals surface area contributed by atoms with E-state index < -0.39 is 0 Å². The maximum Gasteiger partial charge on any atom is 0.0678 e. The molecule has 1 unspecified atom stereocenters. The summed E-state index contributed by atoms with van der Waals surface area (Å²) < 4.78 is 0. The molecule has 0 aromatic heterocycles. The molecule has 0 saturated heterocycles. The summed E-state index contributed by atoms with van der Waals surface area (Å²) in [6.07, 6.45) is 0.488. The minimum atomic E-state index is 0.269. The van der Waals surface area contributed by atoms with E-state index in [1.165, 1.54) is 0 Å². The van der Waals surface area contributed by atoms with Gasteiger partial charge in [-0.25, -0.2) is 0 Å². The van der Waals surface area contributed by atoms with Crippen LogP contribution in [-0.4, -0.2) is 32.2 Å². The number of hydrogen-bond acceptors (Lipinski definition) is 2. The van der Waals surface area contributed by atoms with E-state index in [4.69, 9.17) is 16.5 Å². The zero-order chi connectivity index (χ0) is 7.70. The zero-order valence-electron chi connectivity index (χ0n) is 5.98. The first-order chi connectivity index (χ1) is 4.15. The smallest absolute Gasteiger partial charge is 0.0678 e. The predicted molar refractivity (Wildman–Crippen MR) is 44.3 cm³/mol. The summed E-state index contributed by atoms with van der Waals surface area (Å²) in [5.74, 6) is 0. The van der Waals surface area contributed by atoms with Gasteiger partial charge in [-0.1, -0.05) is 11.2 Å². The minimum absolute atomic E-state index is 0.269. The summed E-state index contributed by atoms with van der Waals surface area (Å²) in [4.78, 5) is 2.00. The third-order valence-electron chi connectivity index (χ3n) is 0.146. The Morgan fingerprint density at radius 1 is 1.56 bits per heavy atom. The molecular weight excluding hydrogens is 154 g/mol. The lowest BCUT2D eigenvalue weighted by atomic mass is 10.9. The molecule has 0 aliphatic heterocycles. The molecule has 0 heterocycles. The standard InChI is InChI=1S/C3H9N.C2H3ClNP/c1-4(2)3;3-5-2-1-4/h1-3H3;5H,2H2. The van der Waals surface area contributed by atoms with E-state index in [2.05, 4.69) is 0 Å². The summed E-state index contributed by atoms with van der Waals surface area (Å²) in [6, 6.07) is 1.90. The van der Waals surface area contributed by atoms with E-state index in [0.29, 0.717) is 6.16 Å². The van der Waals surface area contributed by atoms with Crippen molar-refractivity contribution >= 4 is 19.2 Å². The van der Waals surface area contributed by atoms with E-state index in [-0.39, 0.29) is 7.93 Å². The quantitative estimate of drug-likeness (QED) is 0.553. The van der Waals surface area contributed by atoms with Crippen LogP contribution in [0.25, 0.3) is 0 Å². The Labute approximate surface area is 63.4 Å². The van der Waals surface area contributed by atoms with Crippen LogP contribution >= 0.6 is 19.2 Å². The Morgan fingerprint density at radius 3 is 1.89 bits per heavy atom. The van der Waals surface area contributed by atoms with Crippen LogP contribution in [0, 0.1) is 11.3 Å². The molecule has 54 valence electrons. The van der Waals surface area contributed by atoms with Gasteiger partial charge >= 0.3 is 0 Å². The van der Waals surface area contributed by atoms with Gasteiger partial charge in [-0.2, -0.15) is 5.26 Å². The van der Waals surface area contributed by atoms with E-state index in [9.17, 15) is 0 Å². The molecule has 0 aromatic rings. The highest BCUT2D eigenvalue weighted by Crippen LogP contribution is 2.12. The van der Waals surface area contributed by atoms with Crippen molar-refractivity contribution in [3.05, 3.63) is 0 Å². The fourth-order valence-electron chi connectivity index (χ4n) is 0.0299. The molecule has 0 N–H and O–H groups in total. The molecule has 4 heteroatoms. The summed E-state index contributed by atoms with van der Waals surface area (Å²) >= 11 is 5.11. The fourth-order valence-corrected chi connectivity index (χ4v) is 0.269. The molecule has 0 aromatic carbocycles. The SMILES string of the molecule is CN(C)C.N#CCPCl. The van der Waals surface area contributed by atoms with Gasteiger partial charge in [-0.3, -0.25) is 0 Å². The van der Waals surface area contributed by atoms with Crippen molar-refractivity contribution in [1.82, 2.24) is 4.90 Å². The second-order valence-electron chi connectivity index (χ2n) is 1.81. The fraction of sp³-hybridized carbons (Fsp3) is 0.800. The average Bonchev–Trinajstić information content (AvgIpc) is 1.66. The van der Waals surface area contributed by atoms with Crippen LogP contribution in [0.2, 0.25) is 0 Å². The first-order valence-electron chi connectivity index (χ1n) is 2.46. The van der Waals surface area contributed by atoms with Crippen LogP contribution in [0.1, 0.15) is 0 Å². The highest BCUT2D eigenvalue weighted by Gasteiger charge is 1.67. The molecule has 0 aliphatic carbocycles. The Kier molecular flexibility index (Phi) is 14.6. The lowest BCUT2D eigenvalue weighted by molar-refractivity contribution is 0.505. The first kappa shape index (κ1) is 11.9. The Balaban J connectivity index is 0. The number of rotatable bonds is 1. The van der Waals surface area contributed by atoms with Gasteiger partial charge in [0, 0.05) is 0 Å². The molecule has 9 heavy (non-hydrogen) atoms. The van der Waals surface area contributed by atoms with Crippen molar-refractivity contribution in [2.45, 2.75) is 0 Å². The van der Waals surface area contributed by atoms with Gasteiger partial charge in [0.15, 0.2) is 0 Å². The third-order valence-corrected chi connectivity index (χ3v) is 0.839. The summed E-state index contributed by atoms with van der Waals surface area (Å²) in [5.41, 5.74) is 0. The summed E-state index contributed by atoms with van der Waals surface area (Å²) in [7, 11) is 6.27. The molecule has 2 nitrogen and oxygen atoms in total. The molecule has 0 amide bonds. The van der Waals surface area contributed by atoms with Crippen LogP contribution in [0.15, 0.2) is 0 Å². The van der Waals surface area contributed by atoms with Gasteiger partial charge in [-0.15, -0.1) is 0 Å². The van der Waals surface area contributed by atoms with Gasteiger partial charge in [-0.05, 0) is 29.1 Å². The van der Waals surface area contributed by atoms with Crippen molar-refractivity contribution in [1.29, 1.82) is 5.26 Å². The summed E-state index contributed by atoms with van der Waals surface area (Å²) in [5, 5.41) is 7.74. The molecule has 0 saturated carbocycles. The highest BCUT2D eigenvalue weighted by atomic mass is 35.7. The highest BCUT2D eigenvalue weighted by molar-refractivity contribution is 7.68. The van der Waals surface area contributed by atoms with Crippen molar-refractivity contribution in [2.75, 3.05) is 27.3 Å². The summed E-state index contributed by atoms with van der Waals surface area (Å²) in [6.45, 7) is 0. The van der Waals surface area contributed by atoms with Crippen molar-refractivity contribution in [3.63, 3.8) is 0 Å². The molecule has 0 spiro atoms. The number of hydrogen-bond donors (Lipinski definition) is 0. The van der Waals surface area contributed by atoms with E-state index in [1.54, 1.807) is 0 Å². The van der Waals surface area contributed by atoms with Gasteiger partial charge in [0.1, 0.15) is 0 Å². The molecule has 0 bridgehead atoms. The Bertz CT molecular complexity index is 76.8. The molecular formula is C5H12ClN2P. The second-order valence-corrected chi connectivity index (χ2v) is 3.23. The maximum atomic E-state index is 7.74. The predicted octanol–water partition coefficient (Wildman–Crippen LogP) is 1.52. The largest absolute Gasteiger partial charge is 0.312 e. The van der Waals surface area contributed by atoms with E-state index >= 15 is 0 Å². The van der Waals surface area contributed by atoms with Crippen LogP contribution in [0.3, 0.4) is 0 Å². The topological polar surface area (TPSA) is 27.0 Å². The van der Waals surface area contributed by atoms with Crippen molar-refractivity contribution in [2.24, 2.45) is 0 Å². The van der Waals surface area contributed by atoms with Gasteiger partial charge in [0.25, 0.3) is 0 Å². The van der Waals surface area contributed by atoms with Crippen molar-refractivity contribution in [3.8, 4) is 6.07 Å². The lowest BCUT2D eigenvalue weighted by Gasteiger charge is -1.90. The van der Waals surface area contributed by atoms with Crippen LogP contribution in [0.4, 0.5) is 0 Å². The van der Waals surface area contributed by atoms with E-state index in [0.717, 1.165) is 0 Å². The lowest BCUT2D eigenvalue weighted by Crippen LogP contribution is -1.99. The minimum Gasteiger partial charge on any atom is -0.312 e. The number of nitrogens with zero attached hydrogens (tertiary/aromatic N) is 2. The van der Waals surface area contributed by atoms with Gasteiger partial charge in [0.2, 0.25) is 0 Å². The zero-order valence-corrected chi connectivity index (χ0v) is 7.74. The van der Waals surface area contributed by atoms with Gasteiger partial charge in [0.05, 0.1) is 12.2 Å². The molecule has 1 atom stereocenters. The third kappa shape index (κ3) is 66.1. The Morgan fingerprint density at radius 2 is 1.89 bits per heavy atom. The van der Waals surface area contributed by atoms with Crippen LogP contribution < -0.4 is 0 Å². The van der Waals surface area contributed by atoms with Crippen molar-refractivity contribution < 1.29 is 0 Å². The average molecular weight is 167 g/mol.